The molecule has 1 heterocycles. The van der Waals surface area contributed by atoms with Crippen molar-refractivity contribution in [2.45, 2.75) is 6.92 Å². The molecule has 2 N–H and O–H groups in total. The Morgan fingerprint density at radius 2 is 1.86 bits per heavy atom. The van der Waals surface area contributed by atoms with E-state index < -0.39 is 0 Å². The van der Waals surface area contributed by atoms with Crippen molar-refractivity contribution in [3.8, 4) is 28.3 Å². The molecule has 0 amide bonds. The molecular weight excluding hydrogens is 264 g/mol. The molecular formula is C17H16N2O2. The maximum absolute atomic E-state index is 5.75. The van der Waals surface area contributed by atoms with Gasteiger partial charge in [0.2, 0.25) is 5.89 Å². The number of anilines is 1. The second kappa shape index (κ2) is 5.71. The van der Waals surface area contributed by atoms with E-state index in [1.165, 1.54) is 0 Å². The molecule has 106 valence electrons. The predicted octanol–water partition coefficient (Wildman–Crippen LogP) is 3.99. The SMILES string of the molecule is CCOc1ccc(-c2ncco2)cc1-c1ccc(N)cc1. The van der Waals surface area contributed by atoms with Crippen LogP contribution in [0.5, 0.6) is 5.75 Å². The number of oxazole rings is 1. The van der Waals surface area contributed by atoms with Gasteiger partial charge < -0.3 is 14.9 Å². The highest BCUT2D eigenvalue weighted by Crippen LogP contribution is 2.34. The highest BCUT2D eigenvalue weighted by atomic mass is 16.5. The lowest BCUT2D eigenvalue weighted by Crippen LogP contribution is -1.95. The van der Waals surface area contributed by atoms with E-state index in [9.17, 15) is 0 Å². The van der Waals surface area contributed by atoms with Gasteiger partial charge in [0.15, 0.2) is 0 Å². The van der Waals surface area contributed by atoms with Crippen molar-refractivity contribution >= 4 is 5.69 Å². The van der Waals surface area contributed by atoms with Crippen LogP contribution in [0.25, 0.3) is 22.6 Å². The Morgan fingerprint density at radius 3 is 2.52 bits per heavy atom. The van der Waals surface area contributed by atoms with Gasteiger partial charge in [-0.05, 0) is 42.8 Å². The van der Waals surface area contributed by atoms with Crippen molar-refractivity contribution in [1.82, 2.24) is 4.98 Å². The minimum Gasteiger partial charge on any atom is -0.493 e. The Kier molecular flexibility index (Phi) is 3.60. The van der Waals surface area contributed by atoms with Gasteiger partial charge in [-0.15, -0.1) is 0 Å². The molecule has 1 aromatic heterocycles. The highest BCUT2D eigenvalue weighted by molar-refractivity contribution is 5.76. The fourth-order valence-electron chi connectivity index (χ4n) is 2.20. The molecule has 21 heavy (non-hydrogen) atoms. The van der Waals surface area contributed by atoms with Crippen molar-refractivity contribution in [3.63, 3.8) is 0 Å². The lowest BCUT2D eigenvalue weighted by Gasteiger charge is -2.12. The summed E-state index contributed by atoms with van der Waals surface area (Å²) in [5.41, 5.74) is 9.44. The zero-order valence-electron chi connectivity index (χ0n) is 11.7. The van der Waals surface area contributed by atoms with Crippen LogP contribution in [0.4, 0.5) is 5.69 Å². The molecule has 0 bridgehead atoms. The lowest BCUT2D eigenvalue weighted by molar-refractivity contribution is 0.341. The summed E-state index contributed by atoms with van der Waals surface area (Å²) in [5, 5.41) is 0. The first-order valence-electron chi connectivity index (χ1n) is 6.80. The number of ether oxygens (including phenoxy) is 1. The van der Waals surface area contributed by atoms with Crippen LogP contribution >= 0.6 is 0 Å². The molecule has 0 spiro atoms. The third-order valence-corrected chi connectivity index (χ3v) is 3.18. The summed E-state index contributed by atoms with van der Waals surface area (Å²) in [4.78, 5) is 4.18. The van der Waals surface area contributed by atoms with Gasteiger partial charge >= 0.3 is 0 Å². The van der Waals surface area contributed by atoms with Crippen LogP contribution < -0.4 is 10.5 Å². The molecule has 0 unspecified atom stereocenters. The number of benzene rings is 2. The summed E-state index contributed by atoms with van der Waals surface area (Å²) in [7, 11) is 0. The molecule has 0 aliphatic heterocycles. The van der Waals surface area contributed by atoms with E-state index >= 15 is 0 Å². The Hall–Kier alpha value is -2.75. The number of aromatic nitrogens is 1. The fraction of sp³-hybridized carbons (Fsp3) is 0.118. The van der Waals surface area contributed by atoms with Gasteiger partial charge in [0.25, 0.3) is 0 Å². The topological polar surface area (TPSA) is 61.3 Å². The Labute approximate surface area is 123 Å². The van der Waals surface area contributed by atoms with Crippen molar-refractivity contribution in [1.29, 1.82) is 0 Å². The average Bonchev–Trinajstić information content (AvgIpc) is 3.03. The van der Waals surface area contributed by atoms with Gasteiger partial charge in [-0.25, -0.2) is 4.98 Å². The van der Waals surface area contributed by atoms with E-state index in [0.29, 0.717) is 12.5 Å². The Bertz CT molecular complexity index is 719. The smallest absolute Gasteiger partial charge is 0.225 e. The van der Waals surface area contributed by atoms with Crippen LogP contribution in [-0.4, -0.2) is 11.6 Å². The predicted molar refractivity (Wildman–Crippen MR) is 83.0 cm³/mol. The van der Waals surface area contributed by atoms with Crippen LogP contribution in [0.2, 0.25) is 0 Å². The number of hydrogen-bond donors (Lipinski definition) is 1. The first-order valence-corrected chi connectivity index (χ1v) is 6.80. The molecule has 3 aromatic rings. The molecule has 2 aromatic carbocycles. The Balaban J connectivity index is 2.10. The largest absolute Gasteiger partial charge is 0.493 e. The van der Waals surface area contributed by atoms with E-state index in [1.807, 2.05) is 49.4 Å². The molecule has 4 nitrogen and oxygen atoms in total. The number of nitrogen functional groups attached to an aromatic ring is 1. The summed E-state index contributed by atoms with van der Waals surface area (Å²) in [6.45, 7) is 2.58. The third-order valence-electron chi connectivity index (χ3n) is 3.18. The molecule has 0 fully saturated rings. The minimum atomic E-state index is 0.592. The van der Waals surface area contributed by atoms with Gasteiger partial charge in [-0.3, -0.25) is 0 Å². The van der Waals surface area contributed by atoms with Crippen LogP contribution in [0.3, 0.4) is 0 Å². The molecule has 0 aliphatic rings. The molecule has 0 radical (unpaired) electrons. The monoisotopic (exact) mass is 280 g/mol. The highest BCUT2D eigenvalue weighted by Gasteiger charge is 2.10. The maximum atomic E-state index is 5.75. The standard InChI is InChI=1S/C17H16N2O2/c1-2-20-16-8-5-13(17-19-9-10-21-17)11-15(16)12-3-6-14(18)7-4-12/h3-11H,2,18H2,1H3. The average molecular weight is 280 g/mol. The van der Waals surface area contributed by atoms with Gasteiger partial charge in [0.05, 0.1) is 12.8 Å². The summed E-state index contributed by atoms with van der Waals surface area (Å²) in [6.07, 6.45) is 3.20. The Morgan fingerprint density at radius 1 is 1.10 bits per heavy atom. The fourth-order valence-corrected chi connectivity index (χ4v) is 2.20. The third kappa shape index (κ3) is 2.74. The number of nitrogens with zero attached hydrogens (tertiary/aromatic N) is 1. The van der Waals surface area contributed by atoms with Crippen molar-refractivity contribution in [2.75, 3.05) is 12.3 Å². The molecule has 3 rings (SSSR count). The van der Waals surface area contributed by atoms with Crippen molar-refractivity contribution in [3.05, 3.63) is 54.9 Å². The normalized spacial score (nSPS) is 10.5. The second-order valence-electron chi connectivity index (χ2n) is 4.60. The second-order valence-corrected chi connectivity index (χ2v) is 4.60. The quantitative estimate of drug-likeness (QED) is 0.734. The summed E-state index contributed by atoms with van der Waals surface area (Å²) in [6, 6.07) is 13.6. The number of nitrogens with two attached hydrogens (primary N) is 1. The van der Waals surface area contributed by atoms with Gasteiger partial charge in [0, 0.05) is 16.8 Å². The van der Waals surface area contributed by atoms with E-state index in [0.717, 1.165) is 28.1 Å². The van der Waals surface area contributed by atoms with Crippen LogP contribution in [-0.2, 0) is 0 Å². The molecule has 0 atom stereocenters. The minimum absolute atomic E-state index is 0.592. The molecule has 0 saturated carbocycles. The number of hydrogen-bond acceptors (Lipinski definition) is 4. The first-order chi connectivity index (χ1) is 10.3. The summed E-state index contributed by atoms with van der Waals surface area (Å²) >= 11 is 0. The first kappa shape index (κ1) is 13.2. The van der Waals surface area contributed by atoms with Crippen LogP contribution in [0.15, 0.2) is 59.3 Å². The molecule has 0 aliphatic carbocycles. The van der Waals surface area contributed by atoms with E-state index in [-0.39, 0.29) is 0 Å². The van der Waals surface area contributed by atoms with Crippen LogP contribution in [0, 0.1) is 0 Å². The maximum Gasteiger partial charge on any atom is 0.225 e. The van der Waals surface area contributed by atoms with Crippen molar-refractivity contribution in [2.24, 2.45) is 0 Å². The van der Waals surface area contributed by atoms with Crippen molar-refractivity contribution < 1.29 is 9.15 Å². The van der Waals surface area contributed by atoms with Gasteiger partial charge in [0.1, 0.15) is 12.0 Å². The van der Waals surface area contributed by atoms with Gasteiger partial charge in [-0.2, -0.15) is 0 Å². The summed E-state index contributed by atoms with van der Waals surface area (Å²) in [5.74, 6) is 1.42. The molecule has 4 heteroatoms. The zero-order chi connectivity index (χ0) is 14.7. The zero-order valence-corrected chi connectivity index (χ0v) is 11.7. The van der Waals surface area contributed by atoms with E-state index in [2.05, 4.69) is 4.98 Å². The van der Waals surface area contributed by atoms with E-state index in [4.69, 9.17) is 14.9 Å². The molecule has 0 saturated heterocycles. The van der Waals surface area contributed by atoms with E-state index in [1.54, 1.807) is 12.5 Å². The lowest BCUT2D eigenvalue weighted by atomic mass is 10.0. The van der Waals surface area contributed by atoms with Crippen LogP contribution in [0.1, 0.15) is 6.92 Å². The summed E-state index contributed by atoms with van der Waals surface area (Å²) < 4.78 is 11.1. The van der Waals surface area contributed by atoms with Gasteiger partial charge in [-0.1, -0.05) is 12.1 Å². The number of rotatable bonds is 4.